The molecule has 2 aromatic carbocycles. The first kappa shape index (κ1) is 14.2. The Bertz CT molecular complexity index is 600. The number of nitrogens with two attached hydrogens (primary N) is 2. The molecule has 0 saturated heterocycles. The zero-order valence-electron chi connectivity index (χ0n) is 11.3. The van der Waals surface area contributed by atoms with Gasteiger partial charge in [-0.25, -0.2) is 0 Å². The summed E-state index contributed by atoms with van der Waals surface area (Å²) in [5, 5.41) is 10.1. The Labute approximate surface area is 117 Å². The fourth-order valence-corrected chi connectivity index (χ4v) is 1.94. The van der Waals surface area contributed by atoms with Crippen molar-refractivity contribution in [2.75, 3.05) is 7.11 Å². The van der Waals surface area contributed by atoms with Crippen LogP contribution in [-0.2, 0) is 13.1 Å². The lowest BCUT2D eigenvalue weighted by molar-refractivity contribution is 0.366. The summed E-state index contributed by atoms with van der Waals surface area (Å²) < 4.78 is 10.9. The van der Waals surface area contributed by atoms with Crippen molar-refractivity contribution in [3.63, 3.8) is 0 Å². The maximum atomic E-state index is 10.1. The van der Waals surface area contributed by atoms with E-state index < -0.39 is 0 Å². The first-order valence-corrected chi connectivity index (χ1v) is 6.26. The number of phenolic OH excluding ortho intramolecular Hbond substituents is 1. The van der Waals surface area contributed by atoms with Crippen LogP contribution in [0.1, 0.15) is 11.1 Å². The van der Waals surface area contributed by atoms with Crippen molar-refractivity contribution in [2.45, 2.75) is 13.1 Å². The number of rotatable bonds is 5. The van der Waals surface area contributed by atoms with Crippen LogP contribution in [0.15, 0.2) is 36.4 Å². The summed E-state index contributed by atoms with van der Waals surface area (Å²) in [7, 11) is 1.49. The van der Waals surface area contributed by atoms with Crippen molar-refractivity contribution in [1.29, 1.82) is 0 Å². The Morgan fingerprint density at radius 3 is 2.30 bits per heavy atom. The minimum Gasteiger partial charge on any atom is -0.504 e. The lowest BCUT2D eigenvalue weighted by Gasteiger charge is -2.15. The molecule has 0 aliphatic rings. The fourth-order valence-electron chi connectivity index (χ4n) is 1.94. The lowest BCUT2D eigenvalue weighted by atomic mass is 10.1. The number of methoxy groups -OCH3 is 1. The highest BCUT2D eigenvalue weighted by atomic mass is 16.5. The summed E-state index contributed by atoms with van der Waals surface area (Å²) in [5.74, 6) is 1.50. The molecule has 5 nitrogen and oxygen atoms in total. The fraction of sp³-hybridized carbons (Fsp3) is 0.200. The molecule has 0 bridgehead atoms. The summed E-state index contributed by atoms with van der Waals surface area (Å²) in [6.45, 7) is 0.513. The summed E-state index contributed by atoms with van der Waals surface area (Å²) in [4.78, 5) is 0. The van der Waals surface area contributed by atoms with Gasteiger partial charge in [-0.2, -0.15) is 0 Å². The molecule has 2 rings (SSSR count). The Morgan fingerprint density at radius 1 is 0.950 bits per heavy atom. The number of aromatic hydroxyl groups is 1. The summed E-state index contributed by atoms with van der Waals surface area (Å²) in [6.07, 6.45) is 0. The van der Waals surface area contributed by atoms with Crippen molar-refractivity contribution >= 4 is 0 Å². The standard InChI is InChI=1S/C15H18N2O3/c1-19-14-7-6-13(11(9-17)15(14)18)20-12-5-3-2-4-10(12)8-16/h2-7,18H,8-9,16-17H2,1H3. The Morgan fingerprint density at radius 2 is 1.65 bits per heavy atom. The predicted molar refractivity (Wildman–Crippen MR) is 77.0 cm³/mol. The molecule has 0 amide bonds. The molecule has 106 valence electrons. The van der Waals surface area contributed by atoms with Gasteiger partial charge in [0.1, 0.15) is 11.5 Å². The zero-order chi connectivity index (χ0) is 14.5. The van der Waals surface area contributed by atoms with E-state index in [0.29, 0.717) is 29.4 Å². The van der Waals surface area contributed by atoms with Crippen molar-refractivity contribution < 1.29 is 14.6 Å². The molecular formula is C15H18N2O3. The van der Waals surface area contributed by atoms with E-state index in [-0.39, 0.29) is 12.3 Å². The maximum absolute atomic E-state index is 10.1. The highest BCUT2D eigenvalue weighted by Crippen LogP contribution is 2.38. The molecule has 5 heteroatoms. The molecule has 0 aromatic heterocycles. The van der Waals surface area contributed by atoms with Gasteiger partial charge in [-0.05, 0) is 18.2 Å². The molecule has 0 aliphatic carbocycles. The number of phenols is 1. The summed E-state index contributed by atoms with van der Waals surface area (Å²) in [5.41, 5.74) is 12.7. The number of para-hydroxylation sites is 1. The van der Waals surface area contributed by atoms with E-state index >= 15 is 0 Å². The third kappa shape index (κ3) is 2.68. The van der Waals surface area contributed by atoms with Crippen molar-refractivity contribution in [3.8, 4) is 23.0 Å². The van der Waals surface area contributed by atoms with Crippen LogP contribution in [0, 0.1) is 0 Å². The molecule has 0 radical (unpaired) electrons. The predicted octanol–water partition coefficient (Wildman–Crippen LogP) is 2.11. The van der Waals surface area contributed by atoms with Gasteiger partial charge in [-0.3, -0.25) is 0 Å². The van der Waals surface area contributed by atoms with Gasteiger partial charge in [0.2, 0.25) is 0 Å². The first-order valence-electron chi connectivity index (χ1n) is 6.26. The second-order valence-corrected chi connectivity index (χ2v) is 4.21. The summed E-state index contributed by atoms with van der Waals surface area (Å²) in [6, 6.07) is 10.8. The number of benzene rings is 2. The Balaban J connectivity index is 2.41. The van der Waals surface area contributed by atoms with Gasteiger partial charge in [0.05, 0.1) is 12.7 Å². The maximum Gasteiger partial charge on any atom is 0.166 e. The van der Waals surface area contributed by atoms with Gasteiger partial charge in [0, 0.05) is 18.7 Å². The highest BCUT2D eigenvalue weighted by molar-refractivity contribution is 5.54. The molecule has 0 atom stereocenters. The van der Waals surface area contributed by atoms with Crippen LogP contribution in [0.4, 0.5) is 0 Å². The third-order valence-electron chi connectivity index (χ3n) is 3.04. The van der Waals surface area contributed by atoms with Gasteiger partial charge in [0.25, 0.3) is 0 Å². The Hall–Kier alpha value is -2.24. The van der Waals surface area contributed by atoms with Crippen molar-refractivity contribution in [2.24, 2.45) is 11.5 Å². The lowest BCUT2D eigenvalue weighted by Crippen LogP contribution is -2.03. The molecule has 5 N–H and O–H groups in total. The average Bonchev–Trinajstić information content (AvgIpc) is 2.48. The minimum atomic E-state index is -0.00210. The second kappa shape index (κ2) is 6.27. The molecule has 0 unspecified atom stereocenters. The quantitative estimate of drug-likeness (QED) is 0.776. The van der Waals surface area contributed by atoms with Crippen LogP contribution in [0.3, 0.4) is 0 Å². The van der Waals surface area contributed by atoms with E-state index in [1.165, 1.54) is 7.11 Å². The van der Waals surface area contributed by atoms with Crippen LogP contribution in [-0.4, -0.2) is 12.2 Å². The van der Waals surface area contributed by atoms with E-state index in [0.717, 1.165) is 5.56 Å². The van der Waals surface area contributed by atoms with E-state index in [4.69, 9.17) is 20.9 Å². The first-order chi connectivity index (χ1) is 9.71. The van der Waals surface area contributed by atoms with Gasteiger partial charge in [0.15, 0.2) is 11.5 Å². The molecule has 0 aliphatic heterocycles. The normalized spacial score (nSPS) is 10.3. The van der Waals surface area contributed by atoms with Crippen molar-refractivity contribution in [1.82, 2.24) is 0 Å². The van der Waals surface area contributed by atoms with Crippen LogP contribution in [0.5, 0.6) is 23.0 Å². The third-order valence-corrected chi connectivity index (χ3v) is 3.04. The van der Waals surface area contributed by atoms with Gasteiger partial charge in [-0.15, -0.1) is 0 Å². The highest BCUT2D eigenvalue weighted by Gasteiger charge is 2.14. The average molecular weight is 274 g/mol. The molecule has 0 spiro atoms. The topological polar surface area (TPSA) is 90.7 Å². The van der Waals surface area contributed by atoms with Gasteiger partial charge >= 0.3 is 0 Å². The molecule has 0 fully saturated rings. The van der Waals surface area contributed by atoms with Crippen LogP contribution in [0.25, 0.3) is 0 Å². The SMILES string of the molecule is COc1ccc(Oc2ccccc2CN)c(CN)c1O. The molecular weight excluding hydrogens is 256 g/mol. The van der Waals surface area contributed by atoms with E-state index in [9.17, 15) is 5.11 Å². The number of hydrogen-bond donors (Lipinski definition) is 3. The zero-order valence-corrected chi connectivity index (χ0v) is 11.3. The second-order valence-electron chi connectivity index (χ2n) is 4.21. The van der Waals surface area contributed by atoms with Gasteiger partial charge < -0.3 is 26.0 Å². The van der Waals surface area contributed by atoms with Crippen LogP contribution in [0.2, 0.25) is 0 Å². The molecule has 0 saturated carbocycles. The van der Waals surface area contributed by atoms with E-state index in [1.54, 1.807) is 12.1 Å². The monoisotopic (exact) mass is 274 g/mol. The van der Waals surface area contributed by atoms with E-state index in [2.05, 4.69) is 0 Å². The number of hydrogen-bond acceptors (Lipinski definition) is 5. The number of ether oxygens (including phenoxy) is 2. The van der Waals surface area contributed by atoms with Crippen LogP contribution >= 0.6 is 0 Å². The largest absolute Gasteiger partial charge is 0.504 e. The van der Waals surface area contributed by atoms with Crippen LogP contribution < -0.4 is 20.9 Å². The van der Waals surface area contributed by atoms with Crippen molar-refractivity contribution in [3.05, 3.63) is 47.5 Å². The summed E-state index contributed by atoms with van der Waals surface area (Å²) >= 11 is 0. The Kier molecular flexibility index (Phi) is 4.45. The smallest absolute Gasteiger partial charge is 0.166 e. The molecule has 20 heavy (non-hydrogen) atoms. The van der Waals surface area contributed by atoms with Gasteiger partial charge in [-0.1, -0.05) is 18.2 Å². The minimum absolute atomic E-state index is 0.00210. The molecule has 2 aromatic rings. The van der Waals surface area contributed by atoms with E-state index in [1.807, 2.05) is 24.3 Å². The molecule has 0 heterocycles.